The van der Waals surface area contributed by atoms with Gasteiger partial charge in [0.2, 0.25) is 0 Å². The lowest BCUT2D eigenvalue weighted by atomic mass is 9.89. The van der Waals surface area contributed by atoms with E-state index in [1.54, 1.807) is 0 Å². The number of benzene rings is 1. The Hall–Kier alpha value is -1.09. The van der Waals surface area contributed by atoms with E-state index in [4.69, 9.17) is 12.2 Å². The molecular formula is C16H22N2S. The van der Waals surface area contributed by atoms with E-state index >= 15 is 0 Å². The van der Waals surface area contributed by atoms with Crippen LogP contribution in [0.3, 0.4) is 0 Å². The largest absolute Gasteiger partial charge is 0.362 e. The molecule has 0 amide bonds. The van der Waals surface area contributed by atoms with Gasteiger partial charge in [-0.3, -0.25) is 0 Å². The van der Waals surface area contributed by atoms with Crippen molar-refractivity contribution >= 4 is 17.3 Å². The highest BCUT2D eigenvalue weighted by Gasteiger charge is 2.39. The number of fused-ring (bicyclic) bond motifs is 2. The third kappa shape index (κ3) is 3.27. The monoisotopic (exact) mass is 274 g/mol. The minimum absolute atomic E-state index is 0.798. The maximum Gasteiger partial charge on any atom is 0.166 e. The summed E-state index contributed by atoms with van der Waals surface area (Å²) in [6.07, 6.45) is 5.80. The molecule has 2 fully saturated rings. The van der Waals surface area contributed by atoms with Crippen LogP contribution in [0.1, 0.15) is 31.2 Å². The van der Waals surface area contributed by atoms with Crippen LogP contribution in [0.2, 0.25) is 0 Å². The van der Waals surface area contributed by atoms with E-state index in [1.807, 2.05) is 6.07 Å². The van der Waals surface area contributed by atoms with Crippen molar-refractivity contribution in [2.24, 2.45) is 17.8 Å². The van der Waals surface area contributed by atoms with Gasteiger partial charge in [0.1, 0.15) is 0 Å². The van der Waals surface area contributed by atoms with Gasteiger partial charge < -0.3 is 10.6 Å². The standard InChI is InChI=1S/C16H22N2S/c19-16(17-10-12-4-2-1-3-5-12)18-11-15-9-13-6-7-14(15)8-13/h1-5,13-15H,6-11H2,(H2,17,18,19)/t13-,14-,15+/m0/s1. The average Bonchev–Trinajstić information content (AvgIpc) is 3.06. The topological polar surface area (TPSA) is 24.1 Å². The second-order valence-electron chi connectivity index (χ2n) is 5.98. The van der Waals surface area contributed by atoms with E-state index in [1.165, 1.54) is 31.2 Å². The average molecular weight is 274 g/mol. The Bertz CT molecular complexity index is 432. The molecule has 1 aromatic rings. The number of hydrogen-bond donors (Lipinski definition) is 2. The fourth-order valence-electron chi connectivity index (χ4n) is 3.69. The van der Waals surface area contributed by atoms with Gasteiger partial charge in [0, 0.05) is 13.1 Å². The lowest BCUT2D eigenvalue weighted by Crippen LogP contribution is -2.38. The molecule has 3 rings (SSSR count). The van der Waals surface area contributed by atoms with Gasteiger partial charge in [-0.2, -0.15) is 0 Å². The summed E-state index contributed by atoms with van der Waals surface area (Å²) in [6.45, 7) is 1.87. The molecule has 0 saturated heterocycles. The van der Waals surface area contributed by atoms with E-state index in [0.29, 0.717) is 0 Å². The minimum atomic E-state index is 0.798. The van der Waals surface area contributed by atoms with E-state index < -0.39 is 0 Å². The molecule has 1 aromatic carbocycles. The number of rotatable bonds is 4. The molecule has 19 heavy (non-hydrogen) atoms. The molecule has 0 radical (unpaired) electrons. The van der Waals surface area contributed by atoms with Gasteiger partial charge >= 0.3 is 0 Å². The Balaban J connectivity index is 1.38. The smallest absolute Gasteiger partial charge is 0.166 e. The van der Waals surface area contributed by atoms with Crippen molar-refractivity contribution in [3.63, 3.8) is 0 Å². The summed E-state index contributed by atoms with van der Waals surface area (Å²) >= 11 is 5.35. The first kappa shape index (κ1) is 12.9. The molecule has 0 aromatic heterocycles. The first-order valence-corrected chi connectivity index (χ1v) is 7.77. The van der Waals surface area contributed by atoms with Crippen LogP contribution >= 0.6 is 12.2 Å². The second kappa shape index (κ2) is 5.91. The minimum Gasteiger partial charge on any atom is -0.362 e. The summed E-state index contributed by atoms with van der Waals surface area (Å²) in [5.41, 5.74) is 1.27. The molecule has 2 aliphatic carbocycles. The summed E-state index contributed by atoms with van der Waals surface area (Å²) < 4.78 is 0. The third-order valence-electron chi connectivity index (χ3n) is 4.71. The van der Waals surface area contributed by atoms with Crippen molar-refractivity contribution in [1.29, 1.82) is 0 Å². The van der Waals surface area contributed by atoms with Crippen molar-refractivity contribution in [2.75, 3.05) is 6.54 Å². The van der Waals surface area contributed by atoms with Crippen LogP contribution in [0.5, 0.6) is 0 Å². The molecule has 2 bridgehead atoms. The van der Waals surface area contributed by atoms with Crippen LogP contribution in [0, 0.1) is 17.8 Å². The summed E-state index contributed by atoms with van der Waals surface area (Å²) in [5.74, 6) is 2.84. The zero-order chi connectivity index (χ0) is 13.1. The Morgan fingerprint density at radius 2 is 1.95 bits per heavy atom. The number of thiocarbonyl (C=S) groups is 1. The molecule has 3 heteroatoms. The molecule has 0 unspecified atom stereocenters. The van der Waals surface area contributed by atoms with Crippen LogP contribution < -0.4 is 10.6 Å². The summed E-state index contributed by atoms with van der Waals surface area (Å²) in [7, 11) is 0. The zero-order valence-electron chi connectivity index (χ0n) is 11.3. The fraction of sp³-hybridized carbons (Fsp3) is 0.562. The van der Waals surface area contributed by atoms with Gasteiger partial charge in [0.15, 0.2) is 5.11 Å². The van der Waals surface area contributed by atoms with Gasteiger partial charge in [0.05, 0.1) is 0 Å². The quantitative estimate of drug-likeness (QED) is 0.825. The summed E-state index contributed by atoms with van der Waals surface area (Å²) in [5, 5.41) is 7.49. The van der Waals surface area contributed by atoms with E-state index in [2.05, 4.69) is 34.9 Å². The fourth-order valence-corrected chi connectivity index (χ4v) is 3.85. The van der Waals surface area contributed by atoms with E-state index in [-0.39, 0.29) is 0 Å². The SMILES string of the molecule is S=C(NCc1ccccc1)NC[C@H]1C[C@H]2CC[C@H]1C2. The first-order valence-electron chi connectivity index (χ1n) is 7.37. The Labute approximate surface area is 121 Å². The van der Waals surface area contributed by atoms with Crippen LogP contribution in [0.15, 0.2) is 30.3 Å². The normalized spacial score (nSPS) is 28.3. The van der Waals surface area contributed by atoms with E-state index in [0.717, 1.165) is 36.0 Å². The summed E-state index contributed by atoms with van der Waals surface area (Å²) in [4.78, 5) is 0. The lowest BCUT2D eigenvalue weighted by molar-refractivity contribution is 0.332. The molecule has 3 atom stereocenters. The molecule has 2 saturated carbocycles. The van der Waals surface area contributed by atoms with Crippen molar-refractivity contribution in [2.45, 2.75) is 32.2 Å². The number of hydrogen-bond acceptors (Lipinski definition) is 1. The number of nitrogens with one attached hydrogen (secondary N) is 2. The molecule has 102 valence electrons. The van der Waals surface area contributed by atoms with Crippen molar-refractivity contribution < 1.29 is 0 Å². The molecule has 2 aliphatic rings. The lowest BCUT2D eigenvalue weighted by Gasteiger charge is -2.22. The molecule has 0 aliphatic heterocycles. The molecule has 0 spiro atoms. The first-order chi connectivity index (χ1) is 9.31. The van der Waals surface area contributed by atoms with Crippen molar-refractivity contribution in [3.8, 4) is 0 Å². The van der Waals surface area contributed by atoms with Crippen LogP contribution in [-0.4, -0.2) is 11.7 Å². The van der Waals surface area contributed by atoms with Gasteiger partial charge in [-0.05, 0) is 54.8 Å². The van der Waals surface area contributed by atoms with Crippen LogP contribution in [0.25, 0.3) is 0 Å². The molecular weight excluding hydrogens is 252 g/mol. The van der Waals surface area contributed by atoms with Crippen molar-refractivity contribution in [1.82, 2.24) is 10.6 Å². The van der Waals surface area contributed by atoms with Gasteiger partial charge in [0.25, 0.3) is 0 Å². The predicted molar refractivity (Wildman–Crippen MR) is 82.8 cm³/mol. The molecule has 2 N–H and O–H groups in total. The van der Waals surface area contributed by atoms with Crippen LogP contribution in [0.4, 0.5) is 0 Å². The molecule has 2 nitrogen and oxygen atoms in total. The Kier molecular flexibility index (Phi) is 4.02. The summed E-state index contributed by atoms with van der Waals surface area (Å²) in [6, 6.07) is 10.4. The highest BCUT2D eigenvalue weighted by Crippen LogP contribution is 2.47. The molecule has 0 heterocycles. The highest BCUT2D eigenvalue weighted by atomic mass is 32.1. The maximum atomic E-state index is 5.35. The van der Waals surface area contributed by atoms with Gasteiger partial charge in [-0.1, -0.05) is 36.8 Å². The van der Waals surface area contributed by atoms with Gasteiger partial charge in [-0.15, -0.1) is 0 Å². The van der Waals surface area contributed by atoms with Crippen LogP contribution in [-0.2, 0) is 6.54 Å². The zero-order valence-corrected chi connectivity index (χ0v) is 12.1. The Morgan fingerprint density at radius 1 is 1.11 bits per heavy atom. The third-order valence-corrected chi connectivity index (χ3v) is 4.99. The predicted octanol–water partition coefficient (Wildman–Crippen LogP) is 3.09. The Morgan fingerprint density at radius 3 is 2.63 bits per heavy atom. The second-order valence-corrected chi connectivity index (χ2v) is 6.39. The van der Waals surface area contributed by atoms with Gasteiger partial charge in [-0.25, -0.2) is 0 Å². The highest BCUT2D eigenvalue weighted by molar-refractivity contribution is 7.80. The van der Waals surface area contributed by atoms with Crippen molar-refractivity contribution in [3.05, 3.63) is 35.9 Å². The van der Waals surface area contributed by atoms with E-state index in [9.17, 15) is 0 Å². The maximum absolute atomic E-state index is 5.35.